The van der Waals surface area contributed by atoms with Crippen molar-refractivity contribution in [1.29, 1.82) is 0 Å². The molecule has 0 fully saturated rings. The van der Waals surface area contributed by atoms with E-state index in [1.54, 1.807) is 12.3 Å². The number of ether oxygens (including phenoxy) is 1. The third-order valence-corrected chi connectivity index (χ3v) is 5.31. The van der Waals surface area contributed by atoms with Crippen LogP contribution in [-0.2, 0) is 24.0 Å². The van der Waals surface area contributed by atoms with E-state index in [1.165, 1.54) is 23.5 Å². The summed E-state index contributed by atoms with van der Waals surface area (Å²) in [4.78, 5) is 16.7. The fraction of sp³-hybridized carbons (Fsp3) is 0.273. The molecule has 0 bridgehead atoms. The Labute approximate surface area is 176 Å². The number of carbonyl (C=O) groups is 1. The Morgan fingerprint density at radius 3 is 2.43 bits per heavy atom. The van der Waals surface area contributed by atoms with Crippen molar-refractivity contribution in [2.24, 2.45) is 0 Å². The maximum atomic E-state index is 12.7. The Bertz CT molecular complexity index is 983. The molecule has 8 heteroatoms. The van der Waals surface area contributed by atoms with E-state index in [-0.39, 0.29) is 12.3 Å². The van der Waals surface area contributed by atoms with Crippen molar-refractivity contribution in [3.8, 4) is 5.75 Å². The third kappa shape index (κ3) is 6.06. The summed E-state index contributed by atoms with van der Waals surface area (Å²) in [7, 11) is 0. The predicted molar refractivity (Wildman–Crippen MR) is 109 cm³/mol. The van der Waals surface area contributed by atoms with Crippen molar-refractivity contribution in [1.82, 2.24) is 10.3 Å². The van der Waals surface area contributed by atoms with Gasteiger partial charge in [-0.15, -0.1) is 11.3 Å². The van der Waals surface area contributed by atoms with Gasteiger partial charge < -0.3 is 10.1 Å². The average Bonchev–Trinajstić information content (AvgIpc) is 3.14. The van der Waals surface area contributed by atoms with Gasteiger partial charge in [0.15, 0.2) is 0 Å². The quantitative estimate of drug-likeness (QED) is 0.537. The van der Waals surface area contributed by atoms with Gasteiger partial charge >= 0.3 is 6.18 Å². The molecule has 0 aliphatic rings. The maximum Gasteiger partial charge on any atom is 0.416 e. The number of thiazole rings is 1. The normalized spacial score (nSPS) is 12.4. The molecule has 0 aliphatic heterocycles. The van der Waals surface area contributed by atoms with Crippen molar-refractivity contribution in [3.05, 3.63) is 81.3 Å². The highest BCUT2D eigenvalue weighted by Crippen LogP contribution is 2.29. The number of benzene rings is 2. The number of hydrogen-bond acceptors (Lipinski definition) is 4. The van der Waals surface area contributed by atoms with E-state index < -0.39 is 17.8 Å². The van der Waals surface area contributed by atoms with Gasteiger partial charge in [-0.1, -0.05) is 29.8 Å². The molecular formula is C22H21F3N2O2S. The minimum absolute atomic E-state index is 0.0893. The molecule has 0 saturated carbocycles. The molecule has 0 radical (unpaired) electrons. The van der Waals surface area contributed by atoms with Crippen molar-refractivity contribution in [2.45, 2.75) is 39.1 Å². The molecule has 3 aromatic rings. The van der Waals surface area contributed by atoms with Crippen LogP contribution in [0.1, 0.15) is 40.4 Å². The number of rotatable bonds is 7. The fourth-order valence-corrected chi connectivity index (χ4v) is 3.48. The lowest BCUT2D eigenvalue weighted by Crippen LogP contribution is -2.28. The molecule has 1 aromatic heterocycles. The SMILES string of the molecule is Cc1ccc(OCc2nc(CC(=O)NC(C)c3ccc(C(F)(F)F)cc3)cs2)cc1. The van der Waals surface area contributed by atoms with Crippen molar-refractivity contribution >= 4 is 17.2 Å². The van der Waals surface area contributed by atoms with Gasteiger partial charge in [0, 0.05) is 5.38 Å². The lowest BCUT2D eigenvalue weighted by Gasteiger charge is -2.15. The Kier molecular flexibility index (Phi) is 6.77. The number of nitrogens with one attached hydrogen (secondary N) is 1. The van der Waals surface area contributed by atoms with Crippen molar-refractivity contribution in [3.63, 3.8) is 0 Å². The molecule has 1 amide bonds. The summed E-state index contributed by atoms with van der Waals surface area (Å²) in [6.45, 7) is 4.04. The second-order valence-corrected chi connectivity index (χ2v) is 7.86. The number of hydrogen-bond donors (Lipinski definition) is 1. The Hall–Kier alpha value is -2.87. The summed E-state index contributed by atoms with van der Waals surface area (Å²) < 4.78 is 43.7. The number of aryl methyl sites for hydroxylation is 1. The van der Waals surface area contributed by atoms with Crippen LogP contribution in [0.3, 0.4) is 0 Å². The van der Waals surface area contributed by atoms with Crippen molar-refractivity contribution < 1.29 is 22.7 Å². The molecule has 0 spiro atoms. The van der Waals surface area contributed by atoms with Gasteiger partial charge in [-0.2, -0.15) is 13.2 Å². The highest BCUT2D eigenvalue weighted by molar-refractivity contribution is 7.09. The van der Waals surface area contributed by atoms with Crippen LogP contribution in [0.15, 0.2) is 53.9 Å². The summed E-state index contributed by atoms with van der Waals surface area (Å²) in [5.74, 6) is 0.499. The first-order chi connectivity index (χ1) is 14.2. The van der Waals surface area contributed by atoms with Gasteiger partial charge in [0.25, 0.3) is 0 Å². The monoisotopic (exact) mass is 434 g/mol. The van der Waals surface area contributed by atoms with Gasteiger partial charge in [-0.05, 0) is 43.7 Å². The molecule has 0 aliphatic carbocycles. The lowest BCUT2D eigenvalue weighted by molar-refractivity contribution is -0.137. The van der Waals surface area contributed by atoms with E-state index in [0.29, 0.717) is 17.9 Å². The van der Waals surface area contributed by atoms with E-state index >= 15 is 0 Å². The number of halogens is 3. The molecule has 1 N–H and O–H groups in total. The summed E-state index contributed by atoms with van der Waals surface area (Å²) in [5, 5.41) is 5.35. The van der Waals surface area contributed by atoms with Crippen LogP contribution in [0.5, 0.6) is 5.75 Å². The second-order valence-electron chi connectivity index (χ2n) is 6.92. The summed E-state index contributed by atoms with van der Waals surface area (Å²) >= 11 is 1.41. The maximum absolute atomic E-state index is 12.7. The Morgan fingerprint density at radius 2 is 1.80 bits per heavy atom. The summed E-state index contributed by atoms with van der Waals surface area (Å²) in [6, 6.07) is 12.1. The zero-order valence-corrected chi connectivity index (χ0v) is 17.3. The van der Waals surface area contributed by atoms with Crippen LogP contribution >= 0.6 is 11.3 Å². The smallest absolute Gasteiger partial charge is 0.416 e. The predicted octanol–water partition coefficient (Wildman–Crippen LogP) is 5.47. The van der Waals surface area contributed by atoms with Crippen LogP contribution in [0.25, 0.3) is 0 Å². The second kappa shape index (κ2) is 9.30. The molecule has 30 heavy (non-hydrogen) atoms. The Balaban J connectivity index is 1.50. The van der Waals surface area contributed by atoms with Gasteiger partial charge in [-0.25, -0.2) is 4.98 Å². The van der Waals surface area contributed by atoms with Crippen LogP contribution in [-0.4, -0.2) is 10.9 Å². The number of carbonyl (C=O) groups excluding carboxylic acids is 1. The van der Waals surface area contributed by atoms with E-state index in [0.717, 1.165) is 28.5 Å². The molecule has 158 valence electrons. The van der Waals surface area contributed by atoms with E-state index in [1.807, 2.05) is 31.2 Å². The minimum atomic E-state index is -4.38. The van der Waals surface area contributed by atoms with Gasteiger partial charge in [0.2, 0.25) is 5.91 Å². The van der Waals surface area contributed by atoms with Crippen LogP contribution in [0, 0.1) is 6.92 Å². The molecular weight excluding hydrogens is 413 g/mol. The topological polar surface area (TPSA) is 51.2 Å². The third-order valence-electron chi connectivity index (χ3n) is 4.44. The minimum Gasteiger partial charge on any atom is -0.486 e. The molecule has 4 nitrogen and oxygen atoms in total. The average molecular weight is 434 g/mol. The largest absolute Gasteiger partial charge is 0.486 e. The number of amides is 1. The standard InChI is InChI=1S/C22H21F3N2O2S/c1-14-3-9-19(10-4-14)29-12-21-27-18(13-30-21)11-20(28)26-15(2)16-5-7-17(8-6-16)22(23,24)25/h3-10,13,15H,11-12H2,1-2H3,(H,26,28). The molecule has 1 heterocycles. The van der Waals surface area contributed by atoms with Gasteiger partial charge in [-0.3, -0.25) is 4.79 Å². The number of aromatic nitrogens is 1. The van der Waals surface area contributed by atoms with Crippen LogP contribution < -0.4 is 10.1 Å². The van der Waals surface area contributed by atoms with Gasteiger partial charge in [0.1, 0.15) is 17.4 Å². The van der Waals surface area contributed by atoms with E-state index in [4.69, 9.17) is 4.74 Å². The van der Waals surface area contributed by atoms with E-state index in [9.17, 15) is 18.0 Å². The Morgan fingerprint density at radius 1 is 1.13 bits per heavy atom. The molecule has 2 aromatic carbocycles. The summed E-state index contributed by atoms with van der Waals surface area (Å²) in [5.41, 5.74) is 1.66. The van der Waals surface area contributed by atoms with Gasteiger partial charge in [0.05, 0.1) is 23.7 Å². The summed E-state index contributed by atoms with van der Waals surface area (Å²) in [6.07, 6.45) is -4.29. The molecule has 1 atom stereocenters. The first-order valence-electron chi connectivity index (χ1n) is 9.30. The first kappa shape index (κ1) is 21.8. The zero-order valence-electron chi connectivity index (χ0n) is 16.5. The highest BCUT2D eigenvalue weighted by Gasteiger charge is 2.30. The van der Waals surface area contributed by atoms with Crippen molar-refractivity contribution in [2.75, 3.05) is 0 Å². The number of alkyl halides is 3. The highest BCUT2D eigenvalue weighted by atomic mass is 32.1. The van der Waals surface area contributed by atoms with Crippen LogP contribution in [0.4, 0.5) is 13.2 Å². The first-order valence-corrected chi connectivity index (χ1v) is 10.2. The molecule has 3 rings (SSSR count). The van der Waals surface area contributed by atoms with E-state index in [2.05, 4.69) is 10.3 Å². The molecule has 1 unspecified atom stereocenters. The molecule has 0 saturated heterocycles. The lowest BCUT2D eigenvalue weighted by atomic mass is 10.1. The zero-order chi connectivity index (χ0) is 21.7. The number of nitrogens with zero attached hydrogens (tertiary/aromatic N) is 1. The van der Waals surface area contributed by atoms with Crippen LogP contribution in [0.2, 0.25) is 0 Å². The fourth-order valence-electron chi connectivity index (χ4n) is 2.78.